The Labute approximate surface area is 82.4 Å². The van der Waals surface area contributed by atoms with Crippen LogP contribution in [0, 0.1) is 11.6 Å². The SMILES string of the molecule is CC(N)Cc1c(F)cccc1F.Cl. The summed E-state index contributed by atoms with van der Waals surface area (Å²) in [7, 11) is 0. The van der Waals surface area contributed by atoms with Crippen LogP contribution in [0.5, 0.6) is 0 Å². The Kier molecular flexibility index (Phi) is 4.88. The minimum atomic E-state index is -0.521. The van der Waals surface area contributed by atoms with Gasteiger partial charge in [-0.05, 0) is 25.5 Å². The van der Waals surface area contributed by atoms with E-state index < -0.39 is 11.6 Å². The highest BCUT2D eigenvalue weighted by Gasteiger charge is 2.09. The van der Waals surface area contributed by atoms with Gasteiger partial charge in [-0.15, -0.1) is 12.4 Å². The highest BCUT2D eigenvalue weighted by atomic mass is 35.5. The van der Waals surface area contributed by atoms with Gasteiger partial charge in [-0.25, -0.2) is 8.78 Å². The number of nitrogens with two attached hydrogens (primary N) is 1. The van der Waals surface area contributed by atoms with E-state index in [-0.39, 0.29) is 30.4 Å². The van der Waals surface area contributed by atoms with Gasteiger partial charge in [0.1, 0.15) is 11.6 Å². The summed E-state index contributed by atoms with van der Waals surface area (Å²) in [6.45, 7) is 1.71. The van der Waals surface area contributed by atoms with E-state index in [1.165, 1.54) is 18.2 Å². The Balaban J connectivity index is 0.00000144. The molecule has 0 saturated heterocycles. The van der Waals surface area contributed by atoms with E-state index in [0.717, 1.165) is 0 Å². The van der Waals surface area contributed by atoms with Crippen molar-refractivity contribution in [2.24, 2.45) is 5.73 Å². The molecule has 4 heteroatoms. The molecule has 0 aliphatic heterocycles. The fourth-order valence-electron chi connectivity index (χ4n) is 1.05. The van der Waals surface area contributed by atoms with Crippen molar-refractivity contribution in [2.75, 3.05) is 0 Å². The molecule has 0 aliphatic carbocycles. The van der Waals surface area contributed by atoms with E-state index >= 15 is 0 Å². The van der Waals surface area contributed by atoms with Crippen molar-refractivity contribution in [2.45, 2.75) is 19.4 Å². The first-order chi connectivity index (χ1) is 5.61. The van der Waals surface area contributed by atoms with Crippen molar-refractivity contribution in [1.29, 1.82) is 0 Å². The molecule has 0 heterocycles. The van der Waals surface area contributed by atoms with Gasteiger partial charge in [0, 0.05) is 11.6 Å². The summed E-state index contributed by atoms with van der Waals surface area (Å²) in [4.78, 5) is 0. The minimum absolute atomic E-state index is 0. The largest absolute Gasteiger partial charge is 0.328 e. The lowest BCUT2D eigenvalue weighted by Gasteiger charge is -2.06. The van der Waals surface area contributed by atoms with Crippen LogP contribution in [-0.4, -0.2) is 6.04 Å². The molecule has 0 bridgehead atoms. The Morgan fingerprint density at radius 1 is 1.31 bits per heavy atom. The average molecular weight is 208 g/mol. The number of halogens is 3. The molecule has 13 heavy (non-hydrogen) atoms. The lowest BCUT2D eigenvalue weighted by atomic mass is 10.1. The van der Waals surface area contributed by atoms with Gasteiger partial charge in [0.15, 0.2) is 0 Å². The van der Waals surface area contributed by atoms with Crippen LogP contribution in [-0.2, 0) is 6.42 Å². The lowest BCUT2D eigenvalue weighted by Crippen LogP contribution is -2.19. The van der Waals surface area contributed by atoms with E-state index in [2.05, 4.69) is 0 Å². The van der Waals surface area contributed by atoms with Gasteiger partial charge < -0.3 is 5.73 Å². The lowest BCUT2D eigenvalue weighted by molar-refractivity contribution is 0.542. The van der Waals surface area contributed by atoms with Gasteiger partial charge in [-0.1, -0.05) is 6.07 Å². The van der Waals surface area contributed by atoms with Crippen molar-refractivity contribution in [3.8, 4) is 0 Å². The van der Waals surface area contributed by atoms with Crippen molar-refractivity contribution < 1.29 is 8.78 Å². The Morgan fingerprint density at radius 2 is 1.77 bits per heavy atom. The second-order valence-electron chi connectivity index (χ2n) is 2.88. The maximum absolute atomic E-state index is 12.9. The highest BCUT2D eigenvalue weighted by Crippen LogP contribution is 2.13. The maximum Gasteiger partial charge on any atom is 0.129 e. The summed E-state index contributed by atoms with van der Waals surface area (Å²) >= 11 is 0. The van der Waals surface area contributed by atoms with E-state index in [1.54, 1.807) is 6.92 Å². The Morgan fingerprint density at radius 3 is 2.15 bits per heavy atom. The third-order valence-electron chi connectivity index (χ3n) is 1.59. The number of rotatable bonds is 2. The smallest absolute Gasteiger partial charge is 0.129 e. The predicted molar refractivity (Wildman–Crippen MR) is 51.0 cm³/mol. The molecule has 0 fully saturated rings. The zero-order chi connectivity index (χ0) is 9.14. The van der Waals surface area contributed by atoms with Crippen LogP contribution in [0.15, 0.2) is 18.2 Å². The molecule has 1 rings (SSSR count). The topological polar surface area (TPSA) is 26.0 Å². The maximum atomic E-state index is 12.9. The zero-order valence-electron chi connectivity index (χ0n) is 7.26. The van der Waals surface area contributed by atoms with Crippen molar-refractivity contribution in [3.05, 3.63) is 35.4 Å². The highest BCUT2D eigenvalue weighted by molar-refractivity contribution is 5.85. The minimum Gasteiger partial charge on any atom is -0.328 e. The van der Waals surface area contributed by atoms with Gasteiger partial charge in [-0.3, -0.25) is 0 Å². The summed E-state index contributed by atoms with van der Waals surface area (Å²) in [6.07, 6.45) is 0.235. The van der Waals surface area contributed by atoms with Crippen molar-refractivity contribution in [3.63, 3.8) is 0 Å². The average Bonchev–Trinajstić information content (AvgIpc) is 1.97. The van der Waals surface area contributed by atoms with Gasteiger partial charge in [0.25, 0.3) is 0 Å². The first-order valence-corrected chi connectivity index (χ1v) is 3.79. The van der Waals surface area contributed by atoms with E-state index in [4.69, 9.17) is 5.73 Å². The molecule has 1 aromatic rings. The molecule has 0 aromatic heterocycles. The van der Waals surface area contributed by atoms with Crippen LogP contribution >= 0.6 is 12.4 Å². The second-order valence-corrected chi connectivity index (χ2v) is 2.88. The molecular weight excluding hydrogens is 196 g/mol. The monoisotopic (exact) mass is 207 g/mol. The van der Waals surface area contributed by atoms with Crippen LogP contribution < -0.4 is 5.73 Å². The van der Waals surface area contributed by atoms with Crippen LogP contribution in [0.3, 0.4) is 0 Å². The van der Waals surface area contributed by atoms with Crippen LogP contribution in [0.25, 0.3) is 0 Å². The van der Waals surface area contributed by atoms with Crippen molar-refractivity contribution in [1.82, 2.24) is 0 Å². The summed E-state index contributed by atoms with van der Waals surface area (Å²) in [5.41, 5.74) is 5.51. The predicted octanol–water partition coefficient (Wildman–Crippen LogP) is 2.28. The van der Waals surface area contributed by atoms with Gasteiger partial charge in [0.05, 0.1) is 0 Å². The first-order valence-electron chi connectivity index (χ1n) is 3.79. The third kappa shape index (κ3) is 3.28. The van der Waals surface area contributed by atoms with Gasteiger partial charge in [0.2, 0.25) is 0 Å². The molecule has 0 saturated carbocycles. The fraction of sp³-hybridized carbons (Fsp3) is 0.333. The molecule has 1 unspecified atom stereocenters. The fourth-order valence-corrected chi connectivity index (χ4v) is 1.05. The van der Waals surface area contributed by atoms with Gasteiger partial charge in [-0.2, -0.15) is 0 Å². The summed E-state index contributed by atoms with van der Waals surface area (Å²) in [6, 6.07) is 3.59. The standard InChI is InChI=1S/C9H11F2N.ClH/c1-6(12)5-7-8(10)3-2-4-9(7)11;/h2-4,6H,5,12H2,1H3;1H. The Bertz CT molecular complexity index is 256. The van der Waals surface area contributed by atoms with Crippen LogP contribution in [0.2, 0.25) is 0 Å². The molecule has 74 valence electrons. The second kappa shape index (κ2) is 5.14. The van der Waals surface area contributed by atoms with E-state index in [9.17, 15) is 8.78 Å². The van der Waals surface area contributed by atoms with Crippen LogP contribution in [0.1, 0.15) is 12.5 Å². The summed E-state index contributed by atoms with van der Waals surface area (Å²) in [5, 5.41) is 0. The zero-order valence-corrected chi connectivity index (χ0v) is 8.07. The Hall–Kier alpha value is -0.670. The van der Waals surface area contributed by atoms with E-state index in [1.807, 2.05) is 0 Å². The molecule has 1 aromatic carbocycles. The number of hydrogen-bond acceptors (Lipinski definition) is 1. The normalized spacial score (nSPS) is 12.0. The molecule has 2 N–H and O–H groups in total. The molecule has 1 atom stereocenters. The molecular formula is C9H12ClF2N. The van der Waals surface area contributed by atoms with E-state index in [0.29, 0.717) is 0 Å². The molecule has 1 nitrogen and oxygen atoms in total. The number of benzene rings is 1. The molecule has 0 spiro atoms. The van der Waals surface area contributed by atoms with Crippen LogP contribution in [0.4, 0.5) is 8.78 Å². The summed E-state index contributed by atoms with van der Waals surface area (Å²) < 4.78 is 25.8. The first kappa shape index (κ1) is 12.3. The quantitative estimate of drug-likeness (QED) is 0.791. The summed E-state index contributed by atoms with van der Waals surface area (Å²) in [5.74, 6) is -1.04. The van der Waals surface area contributed by atoms with Gasteiger partial charge >= 0.3 is 0 Å². The van der Waals surface area contributed by atoms with Crippen molar-refractivity contribution >= 4 is 12.4 Å². The third-order valence-corrected chi connectivity index (χ3v) is 1.59. The molecule has 0 aliphatic rings. The molecule has 0 radical (unpaired) electrons. The molecule has 0 amide bonds. The number of hydrogen-bond donors (Lipinski definition) is 1.